The van der Waals surface area contributed by atoms with E-state index in [0.717, 1.165) is 5.56 Å². The molecule has 0 spiro atoms. The highest BCUT2D eigenvalue weighted by molar-refractivity contribution is 5.34. The van der Waals surface area contributed by atoms with E-state index in [-0.39, 0.29) is 23.0 Å². The van der Waals surface area contributed by atoms with E-state index in [1.807, 2.05) is 6.07 Å². The molecule has 0 bridgehead atoms. The molecule has 1 aromatic carbocycles. The molecule has 0 heterocycles. The van der Waals surface area contributed by atoms with E-state index in [9.17, 15) is 10.1 Å². The molecule has 0 saturated carbocycles. The molecule has 0 aliphatic rings. The van der Waals surface area contributed by atoms with Crippen molar-refractivity contribution in [3.05, 3.63) is 39.9 Å². The molecule has 0 fully saturated rings. The van der Waals surface area contributed by atoms with Crippen LogP contribution in [-0.4, -0.2) is 12.0 Å². The highest BCUT2D eigenvalue weighted by Crippen LogP contribution is 2.12. The molecule has 72 valence electrons. The third kappa shape index (κ3) is 3.40. The van der Waals surface area contributed by atoms with Crippen LogP contribution in [0.1, 0.15) is 5.56 Å². The summed E-state index contributed by atoms with van der Waals surface area (Å²) < 4.78 is 0. The number of halogens is 1. The quantitative estimate of drug-likeness (QED) is 0.470. The van der Waals surface area contributed by atoms with Gasteiger partial charge >= 0.3 is 0 Å². The van der Waals surface area contributed by atoms with E-state index in [1.54, 1.807) is 19.2 Å². The number of nitro groups is 1. The minimum absolute atomic E-state index is 0. The van der Waals surface area contributed by atoms with E-state index in [1.165, 1.54) is 6.07 Å². The van der Waals surface area contributed by atoms with Crippen molar-refractivity contribution in [2.45, 2.75) is 6.54 Å². The number of nitro benzene ring substituents is 1. The van der Waals surface area contributed by atoms with Gasteiger partial charge in [0.25, 0.3) is 5.69 Å². The fourth-order valence-corrected chi connectivity index (χ4v) is 0.984. The molecule has 0 aromatic heterocycles. The fraction of sp³-hybridized carbons (Fsp3) is 0.250. The van der Waals surface area contributed by atoms with E-state index in [0.29, 0.717) is 6.54 Å². The van der Waals surface area contributed by atoms with Crippen LogP contribution in [0, 0.1) is 10.1 Å². The zero-order valence-corrected chi connectivity index (χ0v) is 7.91. The van der Waals surface area contributed by atoms with Crippen LogP contribution < -0.4 is 17.7 Å². The van der Waals surface area contributed by atoms with Gasteiger partial charge in [-0.05, 0) is 12.6 Å². The molecular formula is C8H10ClN2O2-. The molecule has 4 nitrogen and oxygen atoms in total. The van der Waals surface area contributed by atoms with Gasteiger partial charge in [-0.15, -0.1) is 0 Å². The average molecular weight is 202 g/mol. The second-order valence-electron chi connectivity index (χ2n) is 2.46. The first-order valence-electron chi connectivity index (χ1n) is 3.62. The first-order valence-corrected chi connectivity index (χ1v) is 3.62. The number of non-ortho nitro benzene ring substituents is 1. The third-order valence-corrected chi connectivity index (χ3v) is 1.50. The molecule has 1 N–H and O–H groups in total. The van der Waals surface area contributed by atoms with Crippen LogP contribution in [0.15, 0.2) is 24.3 Å². The van der Waals surface area contributed by atoms with Crippen LogP contribution >= 0.6 is 0 Å². The van der Waals surface area contributed by atoms with Crippen LogP contribution in [0.3, 0.4) is 0 Å². The Hall–Kier alpha value is -1.13. The summed E-state index contributed by atoms with van der Waals surface area (Å²) in [6.45, 7) is 0.654. The summed E-state index contributed by atoms with van der Waals surface area (Å²) in [6.07, 6.45) is 0. The summed E-state index contributed by atoms with van der Waals surface area (Å²) in [7, 11) is 1.80. The van der Waals surface area contributed by atoms with Crippen molar-refractivity contribution in [3.63, 3.8) is 0 Å². The maximum atomic E-state index is 10.3. The molecule has 0 aliphatic heterocycles. The van der Waals surface area contributed by atoms with Crippen LogP contribution in [0.5, 0.6) is 0 Å². The normalized spacial score (nSPS) is 9.00. The van der Waals surface area contributed by atoms with Crippen molar-refractivity contribution in [1.29, 1.82) is 0 Å². The van der Waals surface area contributed by atoms with Gasteiger partial charge in [0.15, 0.2) is 0 Å². The van der Waals surface area contributed by atoms with Gasteiger partial charge in [-0.2, -0.15) is 0 Å². The van der Waals surface area contributed by atoms with Crippen molar-refractivity contribution < 1.29 is 17.3 Å². The maximum absolute atomic E-state index is 10.3. The Morgan fingerprint density at radius 2 is 2.23 bits per heavy atom. The minimum Gasteiger partial charge on any atom is -1.00 e. The second-order valence-corrected chi connectivity index (χ2v) is 2.46. The van der Waals surface area contributed by atoms with Crippen LogP contribution in [-0.2, 0) is 6.54 Å². The lowest BCUT2D eigenvalue weighted by atomic mass is 10.2. The minimum atomic E-state index is -0.390. The van der Waals surface area contributed by atoms with Crippen LogP contribution in [0.2, 0.25) is 0 Å². The van der Waals surface area contributed by atoms with Crippen molar-refractivity contribution >= 4 is 5.69 Å². The van der Waals surface area contributed by atoms with Gasteiger partial charge < -0.3 is 17.7 Å². The van der Waals surface area contributed by atoms with E-state index < -0.39 is 0 Å². The van der Waals surface area contributed by atoms with Gasteiger partial charge in [0.2, 0.25) is 0 Å². The Balaban J connectivity index is 0.00000144. The first-order chi connectivity index (χ1) is 5.74. The number of hydrogen-bond acceptors (Lipinski definition) is 3. The molecule has 0 radical (unpaired) electrons. The molecule has 1 rings (SSSR count). The van der Waals surface area contributed by atoms with E-state index >= 15 is 0 Å². The fourth-order valence-electron chi connectivity index (χ4n) is 0.984. The predicted molar refractivity (Wildman–Crippen MR) is 45.9 cm³/mol. The number of benzene rings is 1. The molecule has 5 heteroatoms. The van der Waals surface area contributed by atoms with Crippen molar-refractivity contribution in [2.75, 3.05) is 7.05 Å². The van der Waals surface area contributed by atoms with Crippen LogP contribution in [0.4, 0.5) is 5.69 Å². The zero-order chi connectivity index (χ0) is 8.97. The van der Waals surface area contributed by atoms with Crippen LogP contribution in [0.25, 0.3) is 0 Å². The largest absolute Gasteiger partial charge is 1.00 e. The molecule has 0 saturated heterocycles. The Morgan fingerprint density at radius 3 is 2.77 bits per heavy atom. The number of hydrogen-bond donors (Lipinski definition) is 1. The summed E-state index contributed by atoms with van der Waals surface area (Å²) in [4.78, 5) is 9.95. The van der Waals surface area contributed by atoms with Gasteiger partial charge in [0, 0.05) is 18.7 Å². The first kappa shape index (κ1) is 11.9. The maximum Gasteiger partial charge on any atom is 0.269 e. The molecule has 0 atom stereocenters. The molecule has 0 aliphatic carbocycles. The molecular weight excluding hydrogens is 192 g/mol. The van der Waals surface area contributed by atoms with Gasteiger partial charge in [-0.3, -0.25) is 10.1 Å². The highest BCUT2D eigenvalue weighted by atomic mass is 35.5. The lowest BCUT2D eigenvalue weighted by Crippen LogP contribution is -3.00. The summed E-state index contributed by atoms with van der Waals surface area (Å²) in [5.74, 6) is 0. The Labute approximate surface area is 82.5 Å². The Morgan fingerprint density at radius 1 is 1.54 bits per heavy atom. The van der Waals surface area contributed by atoms with Crippen molar-refractivity contribution in [3.8, 4) is 0 Å². The van der Waals surface area contributed by atoms with Crippen molar-refractivity contribution in [1.82, 2.24) is 5.32 Å². The number of rotatable bonds is 3. The van der Waals surface area contributed by atoms with Crippen molar-refractivity contribution in [2.24, 2.45) is 0 Å². The standard InChI is InChI=1S/C8H10N2O2.ClH/c1-9-6-7-3-2-4-8(5-7)10(11)12;/h2-5,9H,6H2,1H3;1H/p-1. The SMILES string of the molecule is CNCc1cccc([N+](=O)[O-])c1.[Cl-]. The van der Waals surface area contributed by atoms with E-state index in [4.69, 9.17) is 0 Å². The summed E-state index contributed by atoms with van der Waals surface area (Å²) in [5.41, 5.74) is 1.06. The van der Waals surface area contributed by atoms with Gasteiger partial charge in [-0.25, -0.2) is 0 Å². The number of nitrogens with zero attached hydrogens (tertiary/aromatic N) is 1. The molecule has 0 unspecified atom stereocenters. The predicted octanol–water partition coefficient (Wildman–Crippen LogP) is -1.68. The third-order valence-electron chi connectivity index (χ3n) is 1.50. The van der Waals surface area contributed by atoms with Gasteiger partial charge in [0.05, 0.1) is 4.92 Å². The van der Waals surface area contributed by atoms with Gasteiger partial charge in [-0.1, -0.05) is 12.1 Å². The lowest BCUT2D eigenvalue weighted by molar-refractivity contribution is -0.384. The zero-order valence-electron chi connectivity index (χ0n) is 7.16. The number of nitrogens with one attached hydrogen (secondary N) is 1. The molecule has 0 amide bonds. The molecule has 13 heavy (non-hydrogen) atoms. The second kappa shape index (κ2) is 5.50. The monoisotopic (exact) mass is 201 g/mol. The van der Waals surface area contributed by atoms with Gasteiger partial charge in [0.1, 0.15) is 0 Å². The smallest absolute Gasteiger partial charge is 0.269 e. The summed E-state index contributed by atoms with van der Waals surface area (Å²) in [6, 6.07) is 6.59. The molecule has 1 aromatic rings. The summed E-state index contributed by atoms with van der Waals surface area (Å²) >= 11 is 0. The Kier molecular flexibility index (Phi) is 5.03. The highest BCUT2D eigenvalue weighted by Gasteiger charge is 2.03. The lowest BCUT2D eigenvalue weighted by Gasteiger charge is -1.98. The van der Waals surface area contributed by atoms with E-state index in [2.05, 4.69) is 5.32 Å². The Bertz CT molecular complexity index is 291. The topological polar surface area (TPSA) is 55.2 Å². The average Bonchev–Trinajstić information content (AvgIpc) is 2.05. The summed E-state index contributed by atoms with van der Waals surface area (Å²) in [5, 5.41) is 13.3.